The number of aldehydes is 2. The van der Waals surface area contributed by atoms with E-state index in [1.165, 1.54) is 0 Å². The van der Waals surface area contributed by atoms with E-state index in [2.05, 4.69) is 5.92 Å². The zero-order valence-electron chi connectivity index (χ0n) is 16.1. The summed E-state index contributed by atoms with van der Waals surface area (Å²) in [6, 6.07) is 11.5. The summed E-state index contributed by atoms with van der Waals surface area (Å²) < 4.78 is 0. The van der Waals surface area contributed by atoms with Crippen LogP contribution in [-0.4, -0.2) is 12.6 Å². The number of hydrogen-bond acceptors (Lipinski definition) is 2. The van der Waals surface area contributed by atoms with Crippen LogP contribution in [0.5, 0.6) is 0 Å². The highest BCUT2D eigenvalue weighted by Crippen LogP contribution is 2.20. The fourth-order valence-corrected chi connectivity index (χ4v) is 2.36. The van der Waals surface area contributed by atoms with E-state index in [1.807, 2.05) is 71.9 Å². The van der Waals surface area contributed by atoms with Crippen LogP contribution in [0.15, 0.2) is 36.4 Å². The van der Waals surface area contributed by atoms with Crippen molar-refractivity contribution in [3.05, 3.63) is 69.8 Å². The molecule has 0 aliphatic carbocycles. The predicted molar refractivity (Wildman–Crippen MR) is 107 cm³/mol. The van der Waals surface area contributed by atoms with E-state index in [4.69, 9.17) is 6.42 Å². The molecule has 0 spiro atoms. The second kappa shape index (κ2) is 11.8. The van der Waals surface area contributed by atoms with Gasteiger partial charge in [0.15, 0.2) is 12.6 Å². The molecule has 0 atom stereocenters. The minimum atomic E-state index is 0.327. The van der Waals surface area contributed by atoms with Gasteiger partial charge >= 0.3 is 0 Å². The fraction of sp³-hybridized carbons (Fsp3) is 0.304. The summed E-state index contributed by atoms with van der Waals surface area (Å²) in [5.41, 5.74) is 5.28. The van der Waals surface area contributed by atoms with Gasteiger partial charge in [-0.2, -0.15) is 0 Å². The van der Waals surface area contributed by atoms with Gasteiger partial charge in [0.1, 0.15) is 0 Å². The maximum absolute atomic E-state index is 10.8. The normalized spacial score (nSPS) is 9.04. The third-order valence-corrected chi connectivity index (χ3v) is 3.70. The molecule has 2 rings (SSSR count). The minimum Gasteiger partial charge on any atom is -0.298 e. The number of aryl methyl sites for hydroxylation is 2. The highest BCUT2D eigenvalue weighted by Gasteiger charge is 2.08. The Kier molecular flexibility index (Phi) is 10.6. The van der Waals surface area contributed by atoms with Crippen LogP contribution in [0.4, 0.5) is 0 Å². The van der Waals surface area contributed by atoms with Crippen molar-refractivity contribution in [2.45, 2.75) is 47.5 Å². The van der Waals surface area contributed by atoms with Gasteiger partial charge in [0.05, 0.1) is 0 Å². The van der Waals surface area contributed by atoms with Crippen LogP contribution >= 0.6 is 0 Å². The molecule has 0 N–H and O–H groups in total. The van der Waals surface area contributed by atoms with Gasteiger partial charge in [0.2, 0.25) is 0 Å². The molecular formula is C23H28O2. The van der Waals surface area contributed by atoms with Crippen molar-refractivity contribution in [1.29, 1.82) is 0 Å². The Morgan fingerprint density at radius 3 is 1.72 bits per heavy atom. The summed E-state index contributed by atoms with van der Waals surface area (Å²) in [6.07, 6.45) is 7.03. The summed E-state index contributed by atoms with van der Waals surface area (Å²) in [6.45, 7) is 12.0. The van der Waals surface area contributed by atoms with E-state index in [0.717, 1.165) is 34.8 Å². The van der Waals surface area contributed by atoms with Crippen LogP contribution in [0.2, 0.25) is 0 Å². The Balaban J connectivity index is 0.000000430. The van der Waals surface area contributed by atoms with Crippen molar-refractivity contribution < 1.29 is 9.59 Å². The Hall–Kier alpha value is -2.66. The zero-order chi connectivity index (χ0) is 19.4. The van der Waals surface area contributed by atoms with Crippen LogP contribution in [0.25, 0.3) is 0 Å². The van der Waals surface area contributed by atoms with Crippen LogP contribution in [0.1, 0.15) is 76.6 Å². The number of carbonyl (C=O) groups excluding carboxylic acids is 2. The number of hydrogen-bond donors (Lipinski definition) is 0. The fourth-order valence-electron chi connectivity index (χ4n) is 2.36. The lowest BCUT2D eigenvalue weighted by molar-refractivity contribution is 0.111. The third kappa shape index (κ3) is 6.39. The van der Waals surface area contributed by atoms with Gasteiger partial charge in [-0.15, -0.1) is 6.42 Å². The minimum absolute atomic E-state index is 0.327. The van der Waals surface area contributed by atoms with E-state index in [9.17, 15) is 9.59 Å². The molecule has 0 unspecified atom stereocenters. The van der Waals surface area contributed by atoms with Gasteiger partial charge in [-0.3, -0.25) is 9.59 Å². The van der Waals surface area contributed by atoms with Gasteiger partial charge in [0, 0.05) is 16.7 Å². The quantitative estimate of drug-likeness (QED) is 0.528. The number of terminal acetylenes is 1. The zero-order valence-corrected chi connectivity index (χ0v) is 16.1. The first-order valence-electron chi connectivity index (χ1n) is 8.52. The Labute approximate surface area is 152 Å². The maximum Gasteiger partial charge on any atom is 0.151 e. The molecule has 0 aliphatic heterocycles. The van der Waals surface area contributed by atoms with E-state index in [-0.39, 0.29) is 0 Å². The molecule has 0 amide bonds. The van der Waals surface area contributed by atoms with E-state index >= 15 is 0 Å². The molecule has 25 heavy (non-hydrogen) atoms. The first kappa shape index (κ1) is 22.3. The van der Waals surface area contributed by atoms with Crippen molar-refractivity contribution in [2.75, 3.05) is 0 Å². The van der Waals surface area contributed by atoms with E-state index < -0.39 is 0 Å². The van der Waals surface area contributed by atoms with Crippen molar-refractivity contribution >= 4 is 12.6 Å². The molecule has 2 nitrogen and oxygen atoms in total. The lowest BCUT2D eigenvalue weighted by atomic mass is 9.94. The van der Waals surface area contributed by atoms with Crippen molar-refractivity contribution in [2.24, 2.45) is 0 Å². The maximum atomic E-state index is 10.8. The molecule has 0 radical (unpaired) electrons. The summed E-state index contributed by atoms with van der Waals surface area (Å²) >= 11 is 0. The van der Waals surface area contributed by atoms with Gasteiger partial charge in [-0.05, 0) is 42.5 Å². The van der Waals surface area contributed by atoms with Gasteiger partial charge < -0.3 is 0 Å². The van der Waals surface area contributed by atoms with Crippen LogP contribution in [-0.2, 0) is 0 Å². The molecular weight excluding hydrogens is 308 g/mol. The monoisotopic (exact) mass is 336 g/mol. The molecule has 0 saturated heterocycles. The van der Waals surface area contributed by atoms with Gasteiger partial charge in [-0.1, -0.05) is 63.9 Å². The molecule has 0 aliphatic rings. The molecule has 2 aromatic carbocycles. The van der Waals surface area contributed by atoms with Crippen molar-refractivity contribution in [1.82, 2.24) is 0 Å². The molecule has 0 bridgehead atoms. The second-order valence-electron chi connectivity index (χ2n) is 5.65. The highest BCUT2D eigenvalue weighted by molar-refractivity contribution is 5.82. The average molecular weight is 336 g/mol. The molecule has 0 aromatic heterocycles. The summed E-state index contributed by atoms with van der Waals surface area (Å²) in [5, 5.41) is 0. The predicted octanol–water partition coefficient (Wildman–Crippen LogP) is 5.75. The van der Waals surface area contributed by atoms with Gasteiger partial charge in [-0.25, -0.2) is 0 Å². The number of benzene rings is 2. The first-order chi connectivity index (χ1) is 12.0. The van der Waals surface area contributed by atoms with Crippen LogP contribution in [0.3, 0.4) is 0 Å². The molecule has 0 heterocycles. The SMILES string of the molecule is C#Cc1cccc(C(C)C)c1C=O.CC.Cc1cccc(C)c1C=O. The Morgan fingerprint density at radius 2 is 1.36 bits per heavy atom. The van der Waals surface area contributed by atoms with Crippen molar-refractivity contribution in [3.63, 3.8) is 0 Å². The third-order valence-electron chi connectivity index (χ3n) is 3.70. The molecule has 2 heteroatoms. The van der Waals surface area contributed by atoms with Crippen LogP contribution < -0.4 is 0 Å². The second-order valence-corrected chi connectivity index (χ2v) is 5.65. The standard InChI is InChI=1S/C12H12O.C9H10O.C2H6/c1-4-10-6-5-7-11(9(2)3)12(10)8-13;1-7-4-3-5-8(2)9(7)6-10;1-2/h1,5-9H,2-3H3;3-6H,1-2H3;1-2H3. The lowest BCUT2D eigenvalue weighted by Crippen LogP contribution is -1.97. The summed E-state index contributed by atoms with van der Waals surface area (Å²) in [7, 11) is 0. The first-order valence-corrected chi connectivity index (χ1v) is 8.52. The largest absolute Gasteiger partial charge is 0.298 e. The molecule has 0 fully saturated rings. The topological polar surface area (TPSA) is 34.1 Å². The van der Waals surface area contributed by atoms with E-state index in [1.54, 1.807) is 6.07 Å². The smallest absolute Gasteiger partial charge is 0.151 e. The summed E-state index contributed by atoms with van der Waals surface area (Å²) in [4.78, 5) is 21.3. The molecule has 2 aromatic rings. The Morgan fingerprint density at radius 1 is 0.880 bits per heavy atom. The average Bonchev–Trinajstić information content (AvgIpc) is 2.63. The van der Waals surface area contributed by atoms with Gasteiger partial charge in [0.25, 0.3) is 0 Å². The molecule has 0 saturated carbocycles. The highest BCUT2D eigenvalue weighted by atomic mass is 16.1. The summed E-state index contributed by atoms with van der Waals surface area (Å²) in [5.74, 6) is 2.84. The lowest BCUT2D eigenvalue weighted by Gasteiger charge is -2.09. The Bertz CT molecular complexity index is 714. The van der Waals surface area contributed by atoms with Crippen LogP contribution in [0, 0.1) is 26.2 Å². The molecule has 132 valence electrons. The number of rotatable bonds is 3. The van der Waals surface area contributed by atoms with E-state index in [0.29, 0.717) is 17.0 Å². The van der Waals surface area contributed by atoms with Crippen molar-refractivity contribution in [3.8, 4) is 12.3 Å². The number of carbonyl (C=O) groups is 2.